The van der Waals surface area contributed by atoms with Crippen LogP contribution in [0, 0.1) is 29.5 Å². The smallest absolute Gasteiger partial charge is 0.355 e. The second-order valence-corrected chi connectivity index (χ2v) is 12.6. The Bertz CT molecular complexity index is 1710. The second kappa shape index (κ2) is 11.7. The zero-order chi connectivity index (χ0) is 28.5. The molecule has 0 amide bonds. The standard InChI is InChI=1S/C31H29FN4O3S2/c32-26-13-12-23(17-22(26)11-10-19-4-1-2-5-19)29-25(15-21-6-3-7-24(14-21)41(33)39)28(16-20-8-9-20)36(35-29)31-34-27(18-40-31)30(37)38/h3,6-7,12-14,17-20H,1-2,4-5,8-9,15-16,33H2,(H,37,38). The molecule has 6 rings (SSSR count). The molecule has 7 nitrogen and oxygen atoms in total. The van der Waals surface area contributed by atoms with E-state index in [1.54, 1.807) is 22.9 Å². The number of hydrogen-bond acceptors (Lipinski definition) is 5. The number of benzene rings is 2. The van der Waals surface area contributed by atoms with Crippen LogP contribution in [0.15, 0.2) is 52.7 Å². The van der Waals surface area contributed by atoms with E-state index in [0.717, 1.165) is 67.3 Å². The summed E-state index contributed by atoms with van der Waals surface area (Å²) < 4.78 is 28.7. The van der Waals surface area contributed by atoms with Gasteiger partial charge < -0.3 is 5.11 Å². The molecule has 0 spiro atoms. The Morgan fingerprint density at radius 1 is 1.17 bits per heavy atom. The second-order valence-electron chi connectivity index (χ2n) is 10.7. The number of rotatable bonds is 8. The molecule has 2 aromatic carbocycles. The van der Waals surface area contributed by atoms with E-state index in [1.165, 1.54) is 22.8 Å². The highest BCUT2D eigenvalue weighted by Gasteiger charge is 2.29. The Balaban J connectivity index is 1.50. The number of nitrogens with two attached hydrogens (primary N) is 1. The van der Waals surface area contributed by atoms with E-state index in [1.807, 2.05) is 18.2 Å². The summed E-state index contributed by atoms with van der Waals surface area (Å²) in [7, 11) is -1.62. The minimum absolute atomic E-state index is 0.0367. The molecule has 4 aromatic rings. The molecule has 10 heteroatoms. The fourth-order valence-corrected chi connectivity index (χ4v) is 6.58. The minimum Gasteiger partial charge on any atom is -0.476 e. The predicted octanol–water partition coefficient (Wildman–Crippen LogP) is 5.90. The van der Waals surface area contributed by atoms with Gasteiger partial charge in [0, 0.05) is 28.8 Å². The molecule has 2 saturated carbocycles. The molecule has 0 bridgehead atoms. The Morgan fingerprint density at radius 3 is 2.68 bits per heavy atom. The van der Waals surface area contributed by atoms with Crippen LogP contribution in [0.25, 0.3) is 16.4 Å². The molecule has 0 aliphatic heterocycles. The van der Waals surface area contributed by atoms with Crippen molar-refractivity contribution < 1.29 is 18.5 Å². The van der Waals surface area contributed by atoms with E-state index in [2.05, 4.69) is 16.8 Å². The van der Waals surface area contributed by atoms with Gasteiger partial charge in [0.05, 0.1) is 21.8 Å². The molecular formula is C31H29FN4O3S2. The van der Waals surface area contributed by atoms with Crippen molar-refractivity contribution in [3.8, 4) is 28.2 Å². The number of aromatic carboxylic acids is 1. The molecule has 2 fully saturated rings. The number of aromatic nitrogens is 3. The average Bonchev–Trinajstić information content (AvgIpc) is 3.31. The average molecular weight is 589 g/mol. The predicted molar refractivity (Wildman–Crippen MR) is 157 cm³/mol. The van der Waals surface area contributed by atoms with Gasteiger partial charge in [-0.3, -0.25) is 0 Å². The first-order valence-electron chi connectivity index (χ1n) is 13.7. The summed E-state index contributed by atoms with van der Waals surface area (Å²) in [5.41, 5.74) is 4.47. The normalized spacial score (nSPS) is 16.0. The lowest BCUT2D eigenvalue weighted by Gasteiger charge is -2.10. The van der Waals surface area contributed by atoms with Gasteiger partial charge in [0.1, 0.15) is 16.8 Å². The zero-order valence-electron chi connectivity index (χ0n) is 22.3. The molecule has 2 aromatic heterocycles. The number of nitrogens with zero attached hydrogens (tertiary/aromatic N) is 3. The van der Waals surface area contributed by atoms with Gasteiger partial charge >= 0.3 is 5.97 Å². The van der Waals surface area contributed by atoms with Gasteiger partial charge in [-0.1, -0.05) is 36.8 Å². The maximum Gasteiger partial charge on any atom is 0.355 e. The van der Waals surface area contributed by atoms with E-state index in [4.69, 9.17) is 10.2 Å². The third-order valence-electron chi connectivity index (χ3n) is 7.68. The quantitative estimate of drug-likeness (QED) is 0.249. The molecule has 3 N–H and O–H groups in total. The molecule has 0 saturated heterocycles. The van der Waals surface area contributed by atoms with Crippen LogP contribution in [0.2, 0.25) is 0 Å². The van der Waals surface area contributed by atoms with Crippen molar-refractivity contribution in [2.45, 2.75) is 56.3 Å². The van der Waals surface area contributed by atoms with Crippen LogP contribution in [0.4, 0.5) is 4.39 Å². The van der Waals surface area contributed by atoms with E-state index in [-0.39, 0.29) is 11.5 Å². The first kappa shape index (κ1) is 27.5. The Kier molecular flexibility index (Phi) is 7.84. The van der Waals surface area contributed by atoms with Crippen LogP contribution in [0.3, 0.4) is 0 Å². The van der Waals surface area contributed by atoms with Gasteiger partial charge in [0.2, 0.25) is 5.13 Å². The van der Waals surface area contributed by atoms with Gasteiger partial charge in [-0.25, -0.2) is 28.2 Å². The molecule has 0 radical (unpaired) electrons. The van der Waals surface area contributed by atoms with Crippen LogP contribution in [-0.2, 0) is 23.8 Å². The highest BCUT2D eigenvalue weighted by molar-refractivity contribution is 7.82. The first-order valence-corrected chi connectivity index (χ1v) is 15.8. The summed E-state index contributed by atoms with van der Waals surface area (Å²) in [6.45, 7) is 0. The molecule has 2 heterocycles. The van der Waals surface area contributed by atoms with E-state index >= 15 is 0 Å². The third kappa shape index (κ3) is 6.17. The number of halogens is 1. The molecule has 210 valence electrons. The van der Waals surface area contributed by atoms with Crippen LogP contribution in [0.1, 0.15) is 71.4 Å². The molecule has 2 aliphatic carbocycles. The van der Waals surface area contributed by atoms with Crippen molar-refractivity contribution in [2.75, 3.05) is 0 Å². The van der Waals surface area contributed by atoms with Crippen molar-refractivity contribution in [3.63, 3.8) is 0 Å². The lowest BCUT2D eigenvalue weighted by molar-refractivity contribution is 0.0691. The largest absolute Gasteiger partial charge is 0.476 e. The van der Waals surface area contributed by atoms with E-state index < -0.39 is 17.0 Å². The lowest BCUT2D eigenvalue weighted by Crippen LogP contribution is -2.07. The Labute approximate surface area is 244 Å². The summed E-state index contributed by atoms with van der Waals surface area (Å²) in [6, 6.07) is 12.2. The van der Waals surface area contributed by atoms with Crippen molar-refractivity contribution in [1.29, 1.82) is 0 Å². The number of carbonyl (C=O) groups is 1. The fraction of sp³-hybridized carbons (Fsp3) is 0.323. The maximum atomic E-state index is 14.9. The van der Waals surface area contributed by atoms with Crippen LogP contribution in [-0.4, -0.2) is 30.0 Å². The fourth-order valence-electron chi connectivity index (χ4n) is 5.33. The summed E-state index contributed by atoms with van der Waals surface area (Å²) in [4.78, 5) is 16.5. The van der Waals surface area contributed by atoms with Crippen LogP contribution >= 0.6 is 11.3 Å². The van der Waals surface area contributed by atoms with Gasteiger partial charge in [-0.15, -0.1) is 11.3 Å². The molecular weight excluding hydrogens is 559 g/mol. The SMILES string of the molecule is NS(=O)c1cccc(Cc2c(-c3ccc(F)c(C#CC4CCCC4)c3)nn(-c3nc(C(=O)O)cs3)c2CC2CC2)c1. The van der Waals surface area contributed by atoms with Gasteiger partial charge in [0.25, 0.3) is 0 Å². The number of hydrogen-bond donors (Lipinski definition) is 2. The minimum atomic E-state index is -1.62. The molecule has 41 heavy (non-hydrogen) atoms. The summed E-state index contributed by atoms with van der Waals surface area (Å²) in [5.74, 6) is 5.67. The Hall–Kier alpha value is -3.65. The van der Waals surface area contributed by atoms with Gasteiger partial charge in [0.15, 0.2) is 5.69 Å². The zero-order valence-corrected chi connectivity index (χ0v) is 23.9. The lowest BCUT2D eigenvalue weighted by atomic mass is 9.96. The van der Waals surface area contributed by atoms with Gasteiger partial charge in [-0.2, -0.15) is 5.10 Å². The van der Waals surface area contributed by atoms with E-state index in [9.17, 15) is 18.5 Å². The first-order chi connectivity index (χ1) is 19.9. The molecule has 2 aliphatic rings. The topological polar surface area (TPSA) is 111 Å². The number of carboxylic acid groups (broad SMARTS) is 1. The monoisotopic (exact) mass is 588 g/mol. The van der Waals surface area contributed by atoms with Crippen LogP contribution in [0.5, 0.6) is 0 Å². The van der Waals surface area contributed by atoms with Crippen molar-refractivity contribution in [3.05, 3.63) is 81.7 Å². The third-order valence-corrected chi connectivity index (χ3v) is 9.21. The van der Waals surface area contributed by atoms with Crippen LogP contribution < -0.4 is 5.14 Å². The highest BCUT2D eigenvalue weighted by atomic mass is 32.2. The Morgan fingerprint density at radius 2 is 1.98 bits per heavy atom. The van der Waals surface area contributed by atoms with E-state index in [0.29, 0.717) is 39.5 Å². The van der Waals surface area contributed by atoms with Crippen molar-refractivity contribution >= 4 is 28.3 Å². The number of carboxylic acids is 1. The molecule has 1 atom stereocenters. The molecule has 1 unspecified atom stereocenters. The van der Waals surface area contributed by atoms with Gasteiger partial charge in [-0.05, 0) is 73.9 Å². The summed E-state index contributed by atoms with van der Waals surface area (Å²) in [6.07, 6.45) is 7.85. The van der Waals surface area contributed by atoms with Crippen molar-refractivity contribution in [1.82, 2.24) is 14.8 Å². The number of thiazole rings is 1. The summed E-state index contributed by atoms with van der Waals surface area (Å²) >= 11 is 1.22. The highest BCUT2D eigenvalue weighted by Crippen LogP contribution is 2.38. The summed E-state index contributed by atoms with van der Waals surface area (Å²) in [5, 5.41) is 22.1. The maximum absolute atomic E-state index is 14.9. The van der Waals surface area contributed by atoms with Crippen molar-refractivity contribution in [2.24, 2.45) is 17.0 Å².